The van der Waals surface area contributed by atoms with Crippen LogP contribution in [0.1, 0.15) is 21.7 Å². The highest BCUT2D eigenvalue weighted by Crippen LogP contribution is 2.38. The molecule has 0 aliphatic rings. The van der Waals surface area contributed by atoms with Crippen molar-refractivity contribution in [1.29, 1.82) is 0 Å². The number of carbonyl (C=O) groups excluding carboxylic acids is 2. The van der Waals surface area contributed by atoms with Crippen LogP contribution in [0.3, 0.4) is 0 Å². The summed E-state index contributed by atoms with van der Waals surface area (Å²) in [5, 5.41) is 5.44. The van der Waals surface area contributed by atoms with Crippen LogP contribution in [-0.2, 0) is 11.3 Å². The standard InChI is InChI=1S/C24H24N2O6/c1-29-20-12-16(13-21(30-2)22(20)31-3)15-25-24(28)19(14-18-10-7-11-32-18)26-23(27)17-8-5-4-6-9-17/h4-14H,15H2,1-3H3,(H,25,28)(H,26,27). The number of benzene rings is 2. The maximum absolute atomic E-state index is 12.9. The number of rotatable bonds is 9. The summed E-state index contributed by atoms with van der Waals surface area (Å²) in [6.07, 6.45) is 2.95. The predicted octanol–water partition coefficient (Wildman–Crippen LogP) is 3.39. The minimum atomic E-state index is -0.487. The molecule has 166 valence electrons. The van der Waals surface area contributed by atoms with Crippen LogP contribution in [0.2, 0.25) is 0 Å². The van der Waals surface area contributed by atoms with Crippen molar-refractivity contribution >= 4 is 17.9 Å². The van der Waals surface area contributed by atoms with Crippen LogP contribution in [-0.4, -0.2) is 33.1 Å². The van der Waals surface area contributed by atoms with Crippen LogP contribution in [0, 0.1) is 0 Å². The zero-order valence-corrected chi connectivity index (χ0v) is 18.0. The lowest BCUT2D eigenvalue weighted by molar-refractivity contribution is -0.117. The van der Waals surface area contributed by atoms with Gasteiger partial charge in [-0.25, -0.2) is 0 Å². The fraction of sp³-hybridized carbons (Fsp3) is 0.167. The lowest BCUT2D eigenvalue weighted by atomic mass is 10.1. The van der Waals surface area contributed by atoms with Crippen molar-refractivity contribution < 1.29 is 28.2 Å². The van der Waals surface area contributed by atoms with Gasteiger partial charge in [0.15, 0.2) is 11.5 Å². The second-order valence-corrected chi connectivity index (χ2v) is 6.61. The molecule has 2 aromatic carbocycles. The fourth-order valence-corrected chi connectivity index (χ4v) is 2.97. The second kappa shape index (κ2) is 10.7. The maximum Gasteiger partial charge on any atom is 0.268 e. The van der Waals surface area contributed by atoms with E-state index in [1.165, 1.54) is 33.7 Å². The van der Waals surface area contributed by atoms with Gasteiger partial charge in [-0.05, 0) is 42.0 Å². The molecule has 1 heterocycles. The third kappa shape index (κ3) is 5.48. The molecule has 2 N–H and O–H groups in total. The van der Waals surface area contributed by atoms with Crippen LogP contribution in [0.5, 0.6) is 17.2 Å². The van der Waals surface area contributed by atoms with Crippen LogP contribution >= 0.6 is 0 Å². The van der Waals surface area contributed by atoms with E-state index >= 15 is 0 Å². The zero-order valence-electron chi connectivity index (χ0n) is 18.0. The van der Waals surface area contributed by atoms with E-state index in [1.54, 1.807) is 54.6 Å². The van der Waals surface area contributed by atoms with E-state index in [4.69, 9.17) is 18.6 Å². The molecule has 8 heteroatoms. The number of hydrogen-bond acceptors (Lipinski definition) is 6. The molecule has 3 rings (SSSR count). The lowest BCUT2D eigenvalue weighted by Crippen LogP contribution is -2.34. The van der Waals surface area contributed by atoms with Gasteiger partial charge in [-0.15, -0.1) is 0 Å². The molecule has 0 saturated carbocycles. The van der Waals surface area contributed by atoms with E-state index in [0.717, 1.165) is 5.56 Å². The molecule has 0 aliphatic heterocycles. The Morgan fingerprint density at radius 2 is 1.62 bits per heavy atom. The number of methoxy groups -OCH3 is 3. The first-order valence-corrected chi connectivity index (χ1v) is 9.74. The third-order valence-corrected chi connectivity index (χ3v) is 4.54. The third-order valence-electron chi connectivity index (χ3n) is 4.54. The maximum atomic E-state index is 12.9. The lowest BCUT2D eigenvalue weighted by Gasteiger charge is -2.15. The Morgan fingerprint density at radius 3 is 2.19 bits per heavy atom. The SMILES string of the molecule is COc1cc(CNC(=O)C(=Cc2ccco2)NC(=O)c2ccccc2)cc(OC)c1OC. The fourth-order valence-electron chi connectivity index (χ4n) is 2.97. The summed E-state index contributed by atoms with van der Waals surface area (Å²) in [5.41, 5.74) is 1.19. The van der Waals surface area contributed by atoms with E-state index in [0.29, 0.717) is 28.6 Å². The largest absolute Gasteiger partial charge is 0.493 e. The monoisotopic (exact) mass is 436 g/mol. The average Bonchev–Trinajstić information content (AvgIpc) is 3.34. The van der Waals surface area contributed by atoms with Crippen LogP contribution in [0.15, 0.2) is 71.0 Å². The molecular weight excluding hydrogens is 412 g/mol. The number of nitrogens with one attached hydrogen (secondary N) is 2. The van der Waals surface area contributed by atoms with Gasteiger partial charge in [0, 0.05) is 18.2 Å². The Morgan fingerprint density at radius 1 is 0.938 bits per heavy atom. The summed E-state index contributed by atoms with van der Waals surface area (Å²) in [6, 6.07) is 15.5. The van der Waals surface area contributed by atoms with Crippen LogP contribution in [0.25, 0.3) is 6.08 Å². The number of amides is 2. The van der Waals surface area contributed by atoms with E-state index in [2.05, 4.69) is 10.6 Å². The van der Waals surface area contributed by atoms with E-state index in [-0.39, 0.29) is 12.2 Å². The van der Waals surface area contributed by atoms with Crippen molar-refractivity contribution in [3.05, 3.63) is 83.4 Å². The minimum Gasteiger partial charge on any atom is -0.493 e. The molecule has 0 radical (unpaired) electrons. The van der Waals surface area contributed by atoms with Crippen molar-refractivity contribution in [2.24, 2.45) is 0 Å². The second-order valence-electron chi connectivity index (χ2n) is 6.61. The highest BCUT2D eigenvalue weighted by atomic mass is 16.5. The Hall–Kier alpha value is -4.20. The first kappa shape index (κ1) is 22.5. The summed E-state index contributed by atoms with van der Waals surface area (Å²) in [6.45, 7) is 0.159. The van der Waals surface area contributed by atoms with Crippen molar-refractivity contribution in [2.45, 2.75) is 6.54 Å². The Balaban J connectivity index is 1.79. The Labute approximate surface area is 185 Å². The molecule has 0 aliphatic carbocycles. The Bertz CT molecular complexity index is 1070. The van der Waals surface area contributed by atoms with Gasteiger partial charge in [0.25, 0.3) is 11.8 Å². The van der Waals surface area contributed by atoms with Gasteiger partial charge in [0.05, 0.1) is 27.6 Å². The molecule has 0 unspecified atom stereocenters. The summed E-state index contributed by atoms with van der Waals surface area (Å²) in [7, 11) is 4.55. The zero-order chi connectivity index (χ0) is 22.9. The molecular formula is C24H24N2O6. The number of ether oxygens (including phenoxy) is 3. The van der Waals surface area contributed by atoms with E-state index < -0.39 is 11.8 Å². The predicted molar refractivity (Wildman–Crippen MR) is 119 cm³/mol. The quantitative estimate of drug-likeness (QED) is 0.499. The number of hydrogen-bond donors (Lipinski definition) is 2. The van der Waals surface area contributed by atoms with E-state index in [9.17, 15) is 9.59 Å². The number of furan rings is 1. The van der Waals surface area contributed by atoms with E-state index in [1.807, 2.05) is 0 Å². The van der Waals surface area contributed by atoms with Crippen LogP contribution in [0.4, 0.5) is 0 Å². The number of carbonyl (C=O) groups is 2. The first-order chi connectivity index (χ1) is 15.5. The molecule has 2 amide bonds. The summed E-state index contributed by atoms with van der Waals surface area (Å²) in [4.78, 5) is 25.5. The normalized spacial score (nSPS) is 10.9. The van der Waals surface area contributed by atoms with Crippen molar-refractivity contribution in [3.63, 3.8) is 0 Å². The molecule has 32 heavy (non-hydrogen) atoms. The summed E-state index contributed by atoms with van der Waals surface area (Å²) in [5.74, 6) is 0.931. The first-order valence-electron chi connectivity index (χ1n) is 9.74. The van der Waals surface area contributed by atoms with Crippen LogP contribution < -0.4 is 24.8 Å². The van der Waals surface area contributed by atoms with Gasteiger partial charge in [-0.1, -0.05) is 18.2 Å². The molecule has 0 bridgehead atoms. The smallest absolute Gasteiger partial charge is 0.268 e. The van der Waals surface area contributed by atoms with Gasteiger partial charge in [-0.2, -0.15) is 0 Å². The Kier molecular flexibility index (Phi) is 7.53. The van der Waals surface area contributed by atoms with Crippen molar-refractivity contribution in [1.82, 2.24) is 10.6 Å². The molecule has 1 aromatic heterocycles. The van der Waals surface area contributed by atoms with Gasteiger partial charge >= 0.3 is 0 Å². The molecule has 0 saturated heterocycles. The molecule has 0 spiro atoms. The topological polar surface area (TPSA) is 99.0 Å². The highest BCUT2D eigenvalue weighted by Gasteiger charge is 2.17. The van der Waals surface area contributed by atoms with Crippen molar-refractivity contribution in [3.8, 4) is 17.2 Å². The molecule has 0 atom stereocenters. The molecule has 0 fully saturated rings. The van der Waals surface area contributed by atoms with Crippen molar-refractivity contribution in [2.75, 3.05) is 21.3 Å². The molecule has 8 nitrogen and oxygen atoms in total. The van der Waals surface area contributed by atoms with Gasteiger partial charge in [0.2, 0.25) is 5.75 Å². The van der Waals surface area contributed by atoms with Gasteiger partial charge in [0.1, 0.15) is 11.5 Å². The van der Waals surface area contributed by atoms with Gasteiger partial charge in [-0.3, -0.25) is 9.59 Å². The van der Waals surface area contributed by atoms with Gasteiger partial charge < -0.3 is 29.3 Å². The highest BCUT2D eigenvalue weighted by molar-refractivity contribution is 6.05. The molecule has 3 aromatic rings. The summed E-state index contributed by atoms with van der Waals surface area (Å²) < 4.78 is 21.3. The average molecular weight is 436 g/mol. The minimum absolute atomic E-state index is 0.0428. The summed E-state index contributed by atoms with van der Waals surface area (Å²) >= 11 is 0.